The van der Waals surface area contributed by atoms with Crippen molar-refractivity contribution < 1.29 is 0 Å². The number of benzene rings is 1. The van der Waals surface area contributed by atoms with Gasteiger partial charge in [0.15, 0.2) is 0 Å². The number of fused-ring (bicyclic) bond motifs is 1. The van der Waals surface area contributed by atoms with Crippen molar-refractivity contribution in [2.24, 2.45) is 0 Å². The summed E-state index contributed by atoms with van der Waals surface area (Å²) in [4.78, 5) is 2.65. The molecule has 0 amide bonds. The van der Waals surface area contributed by atoms with Crippen molar-refractivity contribution in [1.82, 2.24) is 10.2 Å². The maximum atomic E-state index is 8.79. The molecular weight excluding hydrogens is 234 g/mol. The number of hydrogen-bond donors (Lipinski definition) is 1. The van der Waals surface area contributed by atoms with E-state index in [-0.39, 0.29) is 0 Å². The molecule has 2 heterocycles. The van der Waals surface area contributed by atoms with Gasteiger partial charge in [0.2, 0.25) is 0 Å². The van der Waals surface area contributed by atoms with Crippen LogP contribution in [-0.2, 0) is 6.54 Å². The highest BCUT2D eigenvalue weighted by atomic mass is 15.2. The number of nitrogens with one attached hydrogen (secondary N) is 1. The van der Waals surface area contributed by atoms with Crippen LogP contribution in [0.3, 0.4) is 0 Å². The molecule has 1 N–H and O–H groups in total. The fraction of sp³-hybridized carbons (Fsp3) is 0.562. The molecule has 0 radical (unpaired) electrons. The fourth-order valence-electron chi connectivity index (χ4n) is 3.43. The summed E-state index contributed by atoms with van der Waals surface area (Å²) in [6.45, 7) is 3.47. The van der Waals surface area contributed by atoms with Crippen LogP contribution in [0.4, 0.5) is 0 Å². The van der Waals surface area contributed by atoms with Gasteiger partial charge in [-0.05, 0) is 43.5 Å². The molecule has 2 aliphatic rings. The Kier molecular flexibility index (Phi) is 3.82. The summed E-state index contributed by atoms with van der Waals surface area (Å²) < 4.78 is 0. The Morgan fingerprint density at radius 2 is 2.00 bits per heavy atom. The van der Waals surface area contributed by atoms with E-state index < -0.39 is 0 Å². The smallest absolute Gasteiger partial charge is 0.0991 e. The Balaban J connectivity index is 1.55. The van der Waals surface area contributed by atoms with Crippen molar-refractivity contribution in [2.45, 2.75) is 44.3 Å². The van der Waals surface area contributed by atoms with Gasteiger partial charge in [0, 0.05) is 25.2 Å². The Bertz CT molecular complexity index is 460. The van der Waals surface area contributed by atoms with Gasteiger partial charge in [-0.2, -0.15) is 5.26 Å². The van der Waals surface area contributed by atoms with Crippen molar-refractivity contribution in [3.05, 3.63) is 35.4 Å². The summed E-state index contributed by atoms with van der Waals surface area (Å²) >= 11 is 0. The third-order valence-corrected chi connectivity index (χ3v) is 4.51. The molecule has 2 fully saturated rings. The maximum absolute atomic E-state index is 8.79. The van der Waals surface area contributed by atoms with Crippen molar-refractivity contribution in [3.63, 3.8) is 0 Å². The van der Waals surface area contributed by atoms with Crippen LogP contribution in [0.5, 0.6) is 0 Å². The first-order valence-corrected chi connectivity index (χ1v) is 7.33. The molecule has 19 heavy (non-hydrogen) atoms. The SMILES string of the molecule is N#Cc1ccc(CN[C@H]2CCN3CCCC[C@H]23)cc1. The molecule has 0 spiro atoms. The normalized spacial score (nSPS) is 26.9. The van der Waals surface area contributed by atoms with Gasteiger partial charge in [0.25, 0.3) is 0 Å². The van der Waals surface area contributed by atoms with E-state index in [0.717, 1.165) is 18.2 Å². The lowest BCUT2D eigenvalue weighted by Gasteiger charge is -2.32. The summed E-state index contributed by atoms with van der Waals surface area (Å²) in [5.41, 5.74) is 2.01. The van der Waals surface area contributed by atoms with E-state index in [1.165, 1.54) is 44.3 Å². The van der Waals surface area contributed by atoms with Gasteiger partial charge in [0.05, 0.1) is 11.6 Å². The first-order valence-electron chi connectivity index (χ1n) is 7.33. The predicted molar refractivity (Wildman–Crippen MR) is 75.6 cm³/mol. The number of rotatable bonds is 3. The molecule has 1 aromatic carbocycles. The zero-order valence-corrected chi connectivity index (χ0v) is 11.3. The first-order chi connectivity index (χ1) is 9.36. The van der Waals surface area contributed by atoms with E-state index in [4.69, 9.17) is 5.26 Å². The number of nitriles is 1. The van der Waals surface area contributed by atoms with Gasteiger partial charge in [-0.25, -0.2) is 0 Å². The molecule has 3 rings (SSSR count). The fourth-order valence-corrected chi connectivity index (χ4v) is 3.43. The van der Waals surface area contributed by atoms with Crippen molar-refractivity contribution in [3.8, 4) is 6.07 Å². The summed E-state index contributed by atoms with van der Waals surface area (Å²) in [6.07, 6.45) is 5.39. The minimum atomic E-state index is 0.649. The molecule has 3 nitrogen and oxygen atoms in total. The summed E-state index contributed by atoms with van der Waals surface area (Å²) in [7, 11) is 0. The summed E-state index contributed by atoms with van der Waals surface area (Å²) in [5, 5.41) is 12.5. The van der Waals surface area contributed by atoms with Crippen LogP contribution < -0.4 is 5.32 Å². The molecule has 0 bridgehead atoms. The second-order valence-corrected chi connectivity index (χ2v) is 5.68. The molecule has 0 unspecified atom stereocenters. The maximum Gasteiger partial charge on any atom is 0.0991 e. The minimum absolute atomic E-state index is 0.649. The third-order valence-electron chi connectivity index (χ3n) is 4.51. The van der Waals surface area contributed by atoms with Crippen LogP contribution in [0, 0.1) is 11.3 Å². The van der Waals surface area contributed by atoms with Crippen LogP contribution in [0.2, 0.25) is 0 Å². The number of piperidine rings is 1. The van der Waals surface area contributed by atoms with Gasteiger partial charge in [-0.3, -0.25) is 4.90 Å². The van der Waals surface area contributed by atoms with E-state index in [2.05, 4.69) is 28.4 Å². The Labute approximate surface area is 115 Å². The highest BCUT2D eigenvalue weighted by Gasteiger charge is 2.34. The van der Waals surface area contributed by atoms with E-state index >= 15 is 0 Å². The van der Waals surface area contributed by atoms with E-state index in [1.807, 2.05) is 12.1 Å². The van der Waals surface area contributed by atoms with Crippen molar-refractivity contribution >= 4 is 0 Å². The van der Waals surface area contributed by atoms with Gasteiger partial charge in [-0.15, -0.1) is 0 Å². The number of hydrogen-bond acceptors (Lipinski definition) is 3. The second kappa shape index (κ2) is 5.73. The second-order valence-electron chi connectivity index (χ2n) is 5.68. The van der Waals surface area contributed by atoms with Crippen LogP contribution in [0.25, 0.3) is 0 Å². The molecule has 0 saturated carbocycles. The van der Waals surface area contributed by atoms with E-state index in [1.54, 1.807) is 0 Å². The summed E-state index contributed by atoms with van der Waals surface area (Å²) in [5.74, 6) is 0. The average Bonchev–Trinajstić information content (AvgIpc) is 2.89. The number of nitrogens with zero attached hydrogens (tertiary/aromatic N) is 2. The van der Waals surface area contributed by atoms with Crippen molar-refractivity contribution in [1.29, 1.82) is 5.26 Å². The van der Waals surface area contributed by atoms with Crippen molar-refractivity contribution in [2.75, 3.05) is 13.1 Å². The lowest BCUT2D eigenvalue weighted by molar-refractivity contribution is 0.180. The largest absolute Gasteiger partial charge is 0.308 e. The molecule has 100 valence electrons. The zero-order valence-electron chi connectivity index (χ0n) is 11.3. The Morgan fingerprint density at radius 3 is 2.79 bits per heavy atom. The van der Waals surface area contributed by atoms with Gasteiger partial charge in [-0.1, -0.05) is 18.6 Å². The van der Waals surface area contributed by atoms with E-state index in [9.17, 15) is 0 Å². The first kappa shape index (κ1) is 12.7. The lowest BCUT2D eigenvalue weighted by atomic mass is 9.99. The summed E-state index contributed by atoms with van der Waals surface area (Å²) in [6, 6.07) is 11.5. The quantitative estimate of drug-likeness (QED) is 0.900. The minimum Gasteiger partial charge on any atom is -0.308 e. The molecule has 2 atom stereocenters. The standard InChI is InChI=1S/C16H21N3/c17-11-13-4-6-14(7-5-13)12-18-15-8-10-19-9-2-1-3-16(15)19/h4-7,15-16,18H,1-3,8-10,12H2/t15-,16+/m0/s1. The Hall–Kier alpha value is -1.37. The van der Waals surface area contributed by atoms with E-state index in [0.29, 0.717) is 6.04 Å². The molecule has 3 heteroatoms. The molecule has 2 aliphatic heterocycles. The molecule has 2 saturated heterocycles. The van der Waals surface area contributed by atoms with Crippen LogP contribution >= 0.6 is 0 Å². The highest BCUT2D eigenvalue weighted by Crippen LogP contribution is 2.27. The monoisotopic (exact) mass is 255 g/mol. The van der Waals surface area contributed by atoms with Gasteiger partial charge in [0.1, 0.15) is 0 Å². The molecule has 0 aromatic heterocycles. The van der Waals surface area contributed by atoms with Crippen LogP contribution in [-0.4, -0.2) is 30.1 Å². The molecule has 0 aliphatic carbocycles. The van der Waals surface area contributed by atoms with Gasteiger partial charge >= 0.3 is 0 Å². The zero-order chi connectivity index (χ0) is 13.1. The topological polar surface area (TPSA) is 39.1 Å². The Morgan fingerprint density at radius 1 is 1.16 bits per heavy atom. The average molecular weight is 255 g/mol. The van der Waals surface area contributed by atoms with Crippen LogP contribution in [0.15, 0.2) is 24.3 Å². The highest BCUT2D eigenvalue weighted by molar-refractivity contribution is 5.31. The predicted octanol–water partition coefficient (Wildman–Crippen LogP) is 2.27. The van der Waals surface area contributed by atoms with Crippen LogP contribution in [0.1, 0.15) is 36.8 Å². The lowest BCUT2D eigenvalue weighted by Crippen LogP contribution is -2.44. The molecular formula is C16H21N3. The molecule has 1 aromatic rings. The third kappa shape index (κ3) is 2.80. The van der Waals surface area contributed by atoms with Gasteiger partial charge < -0.3 is 5.32 Å².